The van der Waals surface area contributed by atoms with Crippen LogP contribution in [0.2, 0.25) is 0 Å². The summed E-state index contributed by atoms with van der Waals surface area (Å²) in [6, 6.07) is 7.38. The molecule has 0 saturated heterocycles. The van der Waals surface area contributed by atoms with Crippen LogP contribution in [0.4, 0.5) is 11.4 Å². The summed E-state index contributed by atoms with van der Waals surface area (Å²) in [5.41, 5.74) is 2.40. The quantitative estimate of drug-likeness (QED) is 0.200. The van der Waals surface area contributed by atoms with Crippen molar-refractivity contribution in [1.82, 2.24) is 4.57 Å². The first-order valence-electron chi connectivity index (χ1n) is 10.1. The predicted octanol–water partition coefficient (Wildman–Crippen LogP) is 3.77. The number of nitriles is 1. The third-order valence-electron chi connectivity index (χ3n) is 4.81. The zero-order chi connectivity index (χ0) is 24.7. The molecular formula is C23H26N4O6. The topological polar surface area (TPSA) is 136 Å². The van der Waals surface area contributed by atoms with Gasteiger partial charge in [-0.2, -0.15) is 5.26 Å². The van der Waals surface area contributed by atoms with Gasteiger partial charge in [-0.25, -0.2) is 4.79 Å². The summed E-state index contributed by atoms with van der Waals surface area (Å²) < 4.78 is 12.1. The van der Waals surface area contributed by atoms with Crippen LogP contribution in [0.3, 0.4) is 0 Å². The average molecular weight is 454 g/mol. The summed E-state index contributed by atoms with van der Waals surface area (Å²) >= 11 is 0. The number of nitrogens with zero attached hydrogens (tertiary/aromatic N) is 3. The first-order valence-corrected chi connectivity index (χ1v) is 10.1. The Morgan fingerprint density at radius 1 is 1.30 bits per heavy atom. The van der Waals surface area contributed by atoms with Gasteiger partial charge in [0.1, 0.15) is 17.4 Å². The third kappa shape index (κ3) is 6.43. The molecule has 0 bridgehead atoms. The normalized spacial score (nSPS) is 11.1. The fourth-order valence-corrected chi connectivity index (χ4v) is 3.20. The summed E-state index contributed by atoms with van der Waals surface area (Å²) in [7, 11) is 1.30. The van der Waals surface area contributed by atoms with Crippen LogP contribution >= 0.6 is 0 Å². The maximum atomic E-state index is 12.4. The maximum Gasteiger partial charge on any atom is 0.349 e. The molecule has 1 aromatic carbocycles. The van der Waals surface area contributed by atoms with Crippen molar-refractivity contribution in [2.24, 2.45) is 5.92 Å². The van der Waals surface area contributed by atoms with Gasteiger partial charge in [-0.1, -0.05) is 13.8 Å². The number of carbonyl (C=O) groups excluding carboxylic acids is 2. The Kier molecular flexibility index (Phi) is 8.34. The fourth-order valence-electron chi connectivity index (χ4n) is 3.20. The highest BCUT2D eigenvalue weighted by molar-refractivity contribution is 6.00. The highest BCUT2D eigenvalue weighted by atomic mass is 16.6. The van der Waals surface area contributed by atoms with E-state index in [0.29, 0.717) is 5.92 Å². The lowest BCUT2D eigenvalue weighted by Crippen LogP contribution is -2.21. The summed E-state index contributed by atoms with van der Waals surface area (Å²) in [4.78, 5) is 34.8. The lowest BCUT2D eigenvalue weighted by molar-refractivity contribution is -0.384. The van der Waals surface area contributed by atoms with Crippen LogP contribution in [-0.2, 0) is 20.9 Å². The van der Waals surface area contributed by atoms with Gasteiger partial charge >= 0.3 is 5.97 Å². The largest absolute Gasteiger partial charge is 0.494 e. The van der Waals surface area contributed by atoms with Gasteiger partial charge in [0.05, 0.1) is 23.8 Å². The number of hydrogen-bond acceptors (Lipinski definition) is 7. The molecule has 33 heavy (non-hydrogen) atoms. The molecule has 10 nitrogen and oxygen atoms in total. The minimum Gasteiger partial charge on any atom is -0.494 e. The van der Waals surface area contributed by atoms with Crippen molar-refractivity contribution < 1.29 is 24.0 Å². The molecule has 2 rings (SSSR count). The van der Waals surface area contributed by atoms with Gasteiger partial charge in [0.15, 0.2) is 6.61 Å². The van der Waals surface area contributed by atoms with E-state index in [1.54, 1.807) is 0 Å². The molecule has 0 atom stereocenters. The van der Waals surface area contributed by atoms with Crippen LogP contribution in [0.25, 0.3) is 6.08 Å². The summed E-state index contributed by atoms with van der Waals surface area (Å²) in [5, 5.41) is 22.7. The van der Waals surface area contributed by atoms with Crippen molar-refractivity contribution in [2.75, 3.05) is 19.0 Å². The molecule has 0 fully saturated rings. The minimum atomic E-state index is -0.933. The SMILES string of the molecule is COc1cc([N+](=O)[O-])ccc1NC(=O)COC(=O)C(C#N)=Cc1cc(C)n(CC(C)C)c1C. The van der Waals surface area contributed by atoms with Crippen molar-refractivity contribution in [3.63, 3.8) is 0 Å². The smallest absolute Gasteiger partial charge is 0.349 e. The van der Waals surface area contributed by atoms with E-state index >= 15 is 0 Å². The van der Waals surface area contributed by atoms with Crippen LogP contribution < -0.4 is 10.1 Å². The Morgan fingerprint density at radius 3 is 2.58 bits per heavy atom. The molecule has 0 aliphatic carbocycles. The van der Waals surface area contributed by atoms with Crippen molar-refractivity contribution in [3.05, 3.63) is 56.9 Å². The molecule has 10 heteroatoms. The number of non-ortho nitro benzene ring substituents is 1. The van der Waals surface area contributed by atoms with E-state index in [4.69, 9.17) is 9.47 Å². The molecule has 0 radical (unpaired) electrons. The van der Waals surface area contributed by atoms with Crippen molar-refractivity contribution >= 4 is 29.3 Å². The van der Waals surface area contributed by atoms with Gasteiger partial charge in [-0.05, 0) is 43.5 Å². The molecule has 0 aliphatic rings. The number of benzene rings is 1. The van der Waals surface area contributed by atoms with Gasteiger partial charge in [0.2, 0.25) is 0 Å². The molecule has 1 aromatic heterocycles. The number of esters is 1. The minimum absolute atomic E-state index is 0.0817. The summed E-state index contributed by atoms with van der Waals surface area (Å²) in [6.45, 7) is 8.22. The van der Waals surface area contributed by atoms with Crippen molar-refractivity contribution in [1.29, 1.82) is 5.26 Å². The number of nitro groups is 1. The zero-order valence-electron chi connectivity index (χ0n) is 19.2. The molecule has 1 N–H and O–H groups in total. The molecule has 1 amide bonds. The Labute approximate surface area is 191 Å². The summed E-state index contributed by atoms with van der Waals surface area (Å²) in [6.07, 6.45) is 1.44. The predicted molar refractivity (Wildman–Crippen MR) is 122 cm³/mol. The first kappa shape index (κ1) is 25.1. The van der Waals surface area contributed by atoms with E-state index in [0.717, 1.165) is 29.6 Å². The van der Waals surface area contributed by atoms with Crippen molar-refractivity contribution in [2.45, 2.75) is 34.2 Å². The van der Waals surface area contributed by atoms with Gasteiger partial charge < -0.3 is 19.4 Å². The number of hydrogen-bond donors (Lipinski definition) is 1. The van der Waals surface area contributed by atoms with Crippen molar-refractivity contribution in [3.8, 4) is 11.8 Å². The first-order chi connectivity index (χ1) is 15.6. The second kappa shape index (κ2) is 10.9. The number of carbonyl (C=O) groups is 2. The lowest BCUT2D eigenvalue weighted by Gasteiger charge is -2.12. The molecule has 2 aromatic rings. The summed E-state index contributed by atoms with van der Waals surface area (Å²) in [5.74, 6) is -1.11. The van der Waals surface area contributed by atoms with Crippen LogP contribution in [-0.4, -0.2) is 35.1 Å². The second-order valence-corrected chi connectivity index (χ2v) is 7.77. The molecule has 0 spiro atoms. The monoisotopic (exact) mass is 454 g/mol. The van der Waals surface area contributed by atoms with Crippen LogP contribution in [0, 0.1) is 41.2 Å². The third-order valence-corrected chi connectivity index (χ3v) is 4.81. The Balaban J connectivity index is 2.08. The van der Waals surface area contributed by atoms with E-state index in [1.165, 1.54) is 25.3 Å². The van der Waals surface area contributed by atoms with E-state index < -0.39 is 23.4 Å². The maximum absolute atomic E-state index is 12.4. The number of ether oxygens (including phenoxy) is 2. The number of anilines is 1. The zero-order valence-corrected chi connectivity index (χ0v) is 19.2. The number of aryl methyl sites for hydroxylation is 1. The van der Waals surface area contributed by atoms with Gasteiger partial charge in [0.25, 0.3) is 11.6 Å². The molecule has 0 aliphatic heterocycles. The standard InChI is InChI=1S/C23H26N4O6/c1-14(2)12-26-15(3)8-17(16(26)4)9-18(11-24)23(29)33-13-22(28)25-20-7-6-19(27(30)31)10-21(20)32-5/h6-10,14H,12-13H2,1-5H3,(H,25,28). The second-order valence-electron chi connectivity index (χ2n) is 7.77. The number of amides is 1. The molecule has 0 saturated carbocycles. The molecule has 174 valence electrons. The number of aromatic nitrogens is 1. The fraction of sp³-hybridized carbons (Fsp3) is 0.348. The van der Waals surface area contributed by atoms with E-state index in [2.05, 4.69) is 23.7 Å². The van der Waals surface area contributed by atoms with Crippen LogP contribution in [0.1, 0.15) is 30.8 Å². The van der Waals surface area contributed by atoms with E-state index in [-0.39, 0.29) is 22.7 Å². The van der Waals surface area contributed by atoms with E-state index in [1.807, 2.05) is 26.0 Å². The van der Waals surface area contributed by atoms with Gasteiger partial charge in [0, 0.05) is 24.0 Å². The number of nitro benzene ring substituents is 1. The average Bonchev–Trinajstić information content (AvgIpc) is 3.02. The lowest BCUT2D eigenvalue weighted by atomic mass is 10.1. The number of rotatable bonds is 9. The molecular weight excluding hydrogens is 428 g/mol. The molecule has 0 unspecified atom stereocenters. The Hall–Kier alpha value is -4.13. The Bertz CT molecular complexity index is 1140. The van der Waals surface area contributed by atoms with Gasteiger partial charge in [-0.3, -0.25) is 14.9 Å². The highest BCUT2D eigenvalue weighted by Gasteiger charge is 2.17. The Morgan fingerprint density at radius 2 is 2.00 bits per heavy atom. The van der Waals surface area contributed by atoms with E-state index in [9.17, 15) is 25.0 Å². The van der Waals surface area contributed by atoms with Crippen LogP contribution in [0.5, 0.6) is 5.75 Å². The number of methoxy groups -OCH3 is 1. The number of nitrogens with one attached hydrogen (secondary N) is 1. The highest BCUT2D eigenvalue weighted by Crippen LogP contribution is 2.29. The molecule has 1 heterocycles. The van der Waals surface area contributed by atoms with Gasteiger partial charge in [-0.15, -0.1) is 0 Å². The van der Waals surface area contributed by atoms with Crippen LogP contribution in [0.15, 0.2) is 29.8 Å².